The summed E-state index contributed by atoms with van der Waals surface area (Å²) >= 11 is 0. The van der Waals surface area contributed by atoms with Crippen molar-refractivity contribution in [2.24, 2.45) is 10.9 Å². The standard InChI is InChI=1S/C24H39N3O3.HI/c1-4-25-23(27-13-10-20(17-27)18-30-15-14-28-2)26-19-24(11-5-6-12-24)21-8-7-9-22(16-21)29-3;/h7-9,16,20H,4-6,10-15,17-19H2,1-3H3,(H,25,26);1H. The molecule has 1 saturated heterocycles. The minimum atomic E-state index is 0. The molecule has 7 heteroatoms. The fraction of sp³-hybridized carbons (Fsp3) is 0.708. The Morgan fingerprint density at radius 1 is 1.23 bits per heavy atom. The zero-order valence-corrected chi connectivity index (χ0v) is 21.7. The highest BCUT2D eigenvalue weighted by Crippen LogP contribution is 2.42. The highest BCUT2D eigenvalue weighted by molar-refractivity contribution is 14.0. The van der Waals surface area contributed by atoms with Gasteiger partial charge in [-0.2, -0.15) is 0 Å². The Morgan fingerprint density at radius 3 is 2.74 bits per heavy atom. The summed E-state index contributed by atoms with van der Waals surface area (Å²) < 4.78 is 16.3. The number of likely N-dealkylation sites (tertiary alicyclic amines) is 1. The van der Waals surface area contributed by atoms with Crippen LogP contribution in [0.1, 0.15) is 44.6 Å². The van der Waals surface area contributed by atoms with Gasteiger partial charge in [-0.1, -0.05) is 25.0 Å². The molecule has 1 aliphatic heterocycles. The molecule has 1 N–H and O–H groups in total. The molecule has 1 saturated carbocycles. The van der Waals surface area contributed by atoms with Crippen molar-refractivity contribution in [1.29, 1.82) is 0 Å². The van der Waals surface area contributed by atoms with Gasteiger partial charge in [0.1, 0.15) is 5.75 Å². The van der Waals surface area contributed by atoms with Crippen LogP contribution in [0.5, 0.6) is 5.75 Å². The number of guanidine groups is 1. The summed E-state index contributed by atoms with van der Waals surface area (Å²) in [7, 11) is 3.45. The van der Waals surface area contributed by atoms with Crippen LogP contribution in [0.2, 0.25) is 0 Å². The van der Waals surface area contributed by atoms with E-state index in [1.54, 1.807) is 14.2 Å². The molecule has 1 aliphatic carbocycles. The molecule has 3 rings (SSSR count). The summed E-state index contributed by atoms with van der Waals surface area (Å²) in [6.07, 6.45) is 6.08. The molecule has 1 unspecified atom stereocenters. The number of halogens is 1. The van der Waals surface area contributed by atoms with Gasteiger partial charge in [-0.3, -0.25) is 4.99 Å². The molecule has 1 heterocycles. The maximum absolute atomic E-state index is 5.76. The van der Waals surface area contributed by atoms with E-state index in [0.29, 0.717) is 19.1 Å². The van der Waals surface area contributed by atoms with Crippen molar-refractivity contribution in [1.82, 2.24) is 10.2 Å². The summed E-state index contributed by atoms with van der Waals surface area (Å²) in [6, 6.07) is 8.59. The van der Waals surface area contributed by atoms with Crippen molar-refractivity contribution in [3.05, 3.63) is 29.8 Å². The maximum atomic E-state index is 5.76. The van der Waals surface area contributed by atoms with Gasteiger partial charge in [-0.15, -0.1) is 24.0 Å². The summed E-state index contributed by atoms with van der Waals surface area (Å²) in [5.74, 6) is 2.54. The van der Waals surface area contributed by atoms with Crippen LogP contribution in [-0.2, 0) is 14.9 Å². The van der Waals surface area contributed by atoms with Crippen LogP contribution in [0.15, 0.2) is 29.3 Å². The average molecular weight is 546 g/mol. The Bertz CT molecular complexity index is 680. The van der Waals surface area contributed by atoms with Gasteiger partial charge < -0.3 is 24.4 Å². The molecule has 31 heavy (non-hydrogen) atoms. The Balaban J connectivity index is 0.00000341. The second-order valence-corrected chi connectivity index (χ2v) is 8.56. The third-order valence-electron chi connectivity index (χ3n) is 6.48. The molecule has 1 aromatic rings. The predicted octanol–water partition coefficient (Wildman–Crippen LogP) is 4.08. The molecule has 2 fully saturated rings. The molecule has 0 radical (unpaired) electrons. The monoisotopic (exact) mass is 545 g/mol. The van der Waals surface area contributed by atoms with Gasteiger partial charge in [0.2, 0.25) is 0 Å². The molecule has 176 valence electrons. The van der Waals surface area contributed by atoms with Gasteiger partial charge in [-0.05, 0) is 43.9 Å². The fourth-order valence-corrected chi connectivity index (χ4v) is 4.75. The number of rotatable bonds is 10. The highest BCUT2D eigenvalue weighted by atomic mass is 127. The van der Waals surface area contributed by atoms with E-state index in [2.05, 4.69) is 35.3 Å². The lowest BCUT2D eigenvalue weighted by molar-refractivity contribution is 0.0536. The summed E-state index contributed by atoms with van der Waals surface area (Å²) in [4.78, 5) is 7.56. The van der Waals surface area contributed by atoms with E-state index in [1.165, 1.54) is 31.2 Å². The van der Waals surface area contributed by atoms with E-state index in [1.807, 2.05) is 6.07 Å². The van der Waals surface area contributed by atoms with E-state index in [4.69, 9.17) is 19.2 Å². The molecular formula is C24H40IN3O3. The molecule has 0 spiro atoms. The Hall–Kier alpha value is -1.06. The lowest BCUT2D eigenvalue weighted by atomic mass is 9.79. The molecule has 0 bridgehead atoms. The summed E-state index contributed by atoms with van der Waals surface area (Å²) in [5, 5.41) is 3.53. The van der Waals surface area contributed by atoms with Gasteiger partial charge in [-0.25, -0.2) is 0 Å². The lowest BCUT2D eigenvalue weighted by Gasteiger charge is -2.30. The van der Waals surface area contributed by atoms with E-state index in [0.717, 1.165) is 50.9 Å². The van der Waals surface area contributed by atoms with Gasteiger partial charge in [0, 0.05) is 38.1 Å². The molecule has 1 atom stereocenters. The zero-order chi connectivity index (χ0) is 21.2. The largest absolute Gasteiger partial charge is 0.497 e. The van der Waals surface area contributed by atoms with Crippen LogP contribution >= 0.6 is 24.0 Å². The maximum Gasteiger partial charge on any atom is 0.193 e. The topological polar surface area (TPSA) is 55.3 Å². The summed E-state index contributed by atoms with van der Waals surface area (Å²) in [6.45, 7) is 8.03. The first-order valence-corrected chi connectivity index (χ1v) is 11.4. The highest BCUT2D eigenvalue weighted by Gasteiger charge is 2.36. The normalized spacial score (nSPS) is 20.5. The van der Waals surface area contributed by atoms with Crippen molar-refractivity contribution in [2.75, 3.05) is 60.2 Å². The molecule has 0 amide bonds. The molecule has 1 aromatic carbocycles. The van der Waals surface area contributed by atoms with Gasteiger partial charge in [0.05, 0.1) is 33.5 Å². The number of aliphatic imine (C=N–C) groups is 1. The third-order valence-corrected chi connectivity index (χ3v) is 6.48. The van der Waals surface area contributed by atoms with Crippen LogP contribution in [0, 0.1) is 5.92 Å². The minimum Gasteiger partial charge on any atom is -0.497 e. The third kappa shape index (κ3) is 7.22. The Kier molecular flexibility index (Phi) is 11.4. The Labute approximate surface area is 205 Å². The molecular weight excluding hydrogens is 505 g/mol. The second kappa shape index (κ2) is 13.5. The quantitative estimate of drug-likeness (QED) is 0.208. The number of methoxy groups -OCH3 is 2. The van der Waals surface area contributed by atoms with Crippen LogP contribution in [0.25, 0.3) is 0 Å². The van der Waals surface area contributed by atoms with Crippen molar-refractivity contribution >= 4 is 29.9 Å². The van der Waals surface area contributed by atoms with Gasteiger partial charge in [0.15, 0.2) is 5.96 Å². The fourth-order valence-electron chi connectivity index (χ4n) is 4.75. The van der Waals surface area contributed by atoms with Crippen LogP contribution in [0.3, 0.4) is 0 Å². The number of nitrogens with one attached hydrogen (secondary N) is 1. The van der Waals surface area contributed by atoms with Gasteiger partial charge in [0.25, 0.3) is 0 Å². The van der Waals surface area contributed by atoms with Crippen LogP contribution < -0.4 is 10.1 Å². The first-order valence-electron chi connectivity index (χ1n) is 11.4. The zero-order valence-electron chi connectivity index (χ0n) is 19.4. The van der Waals surface area contributed by atoms with E-state index < -0.39 is 0 Å². The number of benzene rings is 1. The number of nitrogens with zero attached hydrogens (tertiary/aromatic N) is 2. The van der Waals surface area contributed by atoms with E-state index in [-0.39, 0.29) is 29.4 Å². The number of hydrogen-bond acceptors (Lipinski definition) is 4. The lowest BCUT2D eigenvalue weighted by Crippen LogP contribution is -2.41. The molecule has 2 aliphatic rings. The van der Waals surface area contributed by atoms with Crippen molar-refractivity contribution < 1.29 is 14.2 Å². The van der Waals surface area contributed by atoms with Crippen molar-refractivity contribution in [3.8, 4) is 5.75 Å². The van der Waals surface area contributed by atoms with E-state index >= 15 is 0 Å². The molecule has 6 nitrogen and oxygen atoms in total. The Morgan fingerprint density at radius 2 is 2.03 bits per heavy atom. The second-order valence-electron chi connectivity index (χ2n) is 8.56. The van der Waals surface area contributed by atoms with Crippen LogP contribution in [-0.4, -0.2) is 71.1 Å². The van der Waals surface area contributed by atoms with Crippen LogP contribution in [0.4, 0.5) is 0 Å². The van der Waals surface area contributed by atoms with E-state index in [9.17, 15) is 0 Å². The SMILES string of the molecule is CCNC(=NCC1(c2cccc(OC)c2)CCCC1)N1CCC(COCCOC)C1.I. The number of ether oxygens (including phenoxy) is 3. The number of hydrogen-bond donors (Lipinski definition) is 1. The van der Waals surface area contributed by atoms with Crippen molar-refractivity contribution in [3.63, 3.8) is 0 Å². The minimum absolute atomic E-state index is 0. The first-order chi connectivity index (χ1) is 14.7. The predicted molar refractivity (Wildman–Crippen MR) is 137 cm³/mol. The summed E-state index contributed by atoms with van der Waals surface area (Å²) in [5.41, 5.74) is 1.49. The van der Waals surface area contributed by atoms with Gasteiger partial charge >= 0.3 is 0 Å². The van der Waals surface area contributed by atoms with Crippen molar-refractivity contribution in [2.45, 2.75) is 44.4 Å². The smallest absolute Gasteiger partial charge is 0.193 e. The molecule has 0 aromatic heterocycles. The first kappa shape index (κ1) is 26.2. The average Bonchev–Trinajstić information content (AvgIpc) is 3.45.